The van der Waals surface area contributed by atoms with Crippen LogP contribution in [0.5, 0.6) is 0 Å². The van der Waals surface area contributed by atoms with Gasteiger partial charge in [-0.1, -0.05) is 0 Å². The maximum atomic E-state index is 12.4. The average Bonchev–Trinajstić information content (AvgIpc) is 2.12. The molecule has 0 aromatic rings. The Morgan fingerprint density at radius 3 is 2.38 bits per heavy atom. The summed E-state index contributed by atoms with van der Waals surface area (Å²) >= 11 is 0. The van der Waals surface area contributed by atoms with Gasteiger partial charge < -0.3 is 15.8 Å². The highest BCUT2D eigenvalue weighted by Crippen LogP contribution is 2.28. The summed E-state index contributed by atoms with van der Waals surface area (Å²) in [6.45, 7) is 2.59. The fraction of sp³-hybridized carbons (Fsp3) is 0.889. The van der Waals surface area contributed by atoms with Crippen LogP contribution >= 0.6 is 0 Å². The molecule has 0 aliphatic carbocycles. The minimum Gasteiger partial charge on any atom is -0.385 e. The van der Waals surface area contributed by atoms with Crippen molar-refractivity contribution in [2.24, 2.45) is 5.73 Å². The second-order valence-electron chi connectivity index (χ2n) is 3.86. The van der Waals surface area contributed by atoms with Crippen molar-refractivity contribution in [3.63, 3.8) is 0 Å². The van der Waals surface area contributed by atoms with Gasteiger partial charge in [-0.15, -0.1) is 0 Å². The number of nitrogens with one attached hydrogen (secondary N) is 1. The van der Waals surface area contributed by atoms with E-state index in [-0.39, 0.29) is 0 Å². The fourth-order valence-corrected chi connectivity index (χ4v) is 0.869. The summed E-state index contributed by atoms with van der Waals surface area (Å²) in [5.41, 5.74) is 2.08. The molecule has 2 atom stereocenters. The van der Waals surface area contributed by atoms with Crippen LogP contribution in [0.1, 0.15) is 20.3 Å². The maximum Gasteiger partial charge on any atom is 0.415 e. The summed E-state index contributed by atoms with van der Waals surface area (Å²) in [5, 5.41) is 2.20. The summed E-state index contributed by atoms with van der Waals surface area (Å²) in [6, 6.07) is -0.419. The number of halogens is 3. The van der Waals surface area contributed by atoms with E-state index in [9.17, 15) is 18.0 Å². The van der Waals surface area contributed by atoms with Gasteiger partial charge in [-0.2, -0.15) is 13.2 Å². The van der Waals surface area contributed by atoms with E-state index in [2.05, 4.69) is 5.32 Å². The minimum atomic E-state index is -4.77. The molecule has 0 aromatic heterocycles. The molecule has 2 unspecified atom stereocenters. The van der Waals surface area contributed by atoms with E-state index >= 15 is 0 Å². The highest BCUT2D eigenvalue weighted by atomic mass is 19.4. The number of carbonyl (C=O) groups is 1. The van der Waals surface area contributed by atoms with E-state index in [0.717, 1.165) is 0 Å². The Morgan fingerprint density at radius 1 is 1.50 bits per heavy atom. The second kappa shape index (κ2) is 5.49. The van der Waals surface area contributed by atoms with Gasteiger partial charge >= 0.3 is 6.18 Å². The zero-order valence-corrected chi connectivity index (χ0v) is 9.52. The lowest BCUT2D eigenvalue weighted by molar-refractivity contribution is -0.187. The molecule has 0 rings (SSSR count). The van der Waals surface area contributed by atoms with Crippen LogP contribution in [0.3, 0.4) is 0 Å². The number of carbonyl (C=O) groups excluding carboxylic acids is 1. The summed E-state index contributed by atoms with van der Waals surface area (Å²) in [6.07, 6.45) is -4.34. The summed E-state index contributed by atoms with van der Waals surface area (Å²) in [7, 11) is 1.47. The van der Waals surface area contributed by atoms with Crippen molar-refractivity contribution in [2.45, 2.75) is 38.0 Å². The van der Waals surface area contributed by atoms with Crippen LogP contribution in [0, 0.1) is 0 Å². The van der Waals surface area contributed by atoms with Crippen LogP contribution in [0.4, 0.5) is 13.2 Å². The predicted octanol–water partition coefficient (Wildman–Crippen LogP) is 0.807. The van der Waals surface area contributed by atoms with Gasteiger partial charge in [0.15, 0.2) is 5.54 Å². The van der Waals surface area contributed by atoms with Crippen molar-refractivity contribution < 1.29 is 22.7 Å². The van der Waals surface area contributed by atoms with E-state index < -0.39 is 23.7 Å². The molecule has 96 valence electrons. The number of methoxy groups -OCH3 is 1. The third-order valence-corrected chi connectivity index (χ3v) is 2.19. The molecule has 0 spiro atoms. The topological polar surface area (TPSA) is 64.3 Å². The third kappa shape index (κ3) is 3.97. The van der Waals surface area contributed by atoms with E-state index in [0.29, 0.717) is 20.0 Å². The van der Waals surface area contributed by atoms with Gasteiger partial charge in [0.05, 0.1) is 0 Å². The molecule has 0 saturated heterocycles. The predicted molar refractivity (Wildman–Crippen MR) is 52.7 cm³/mol. The molecule has 0 bridgehead atoms. The monoisotopic (exact) mass is 242 g/mol. The molecule has 0 aliphatic heterocycles. The molecule has 0 saturated carbocycles. The van der Waals surface area contributed by atoms with Crippen molar-refractivity contribution in [3.8, 4) is 0 Å². The summed E-state index contributed by atoms with van der Waals surface area (Å²) < 4.78 is 41.9. The van der Waals surface area contributed by atoms with Crippen LogP contribution in [0.2, 0.25) is 0 Å². The Labute approximate surface area is 92.3 Å². The Hall–Kier alpha value is -0.820. The maximum absolute atomic E-state index is 12.4. The first kappa shape index (κ1) is 15.2. The number of hydrogen-bond donors (Lipinski definition) is 2. The standard InChI is InChI=1S/C9H17F3N2O2/c1-6(4-5-16-3)14-7(15)8(2,13)9(10,11)12/h6H,4-5,13H2,1-3H3,(H,14,15). The van der Waals surface area contributed by atoms with Crippen molar-refractivity contribution >= 4 is 5.91 Å². The number of hydrogen-bond acceptors (Lipinski definition) is 3. The lowest BCUT2D eigenvalue weighted by Crippen LogP contribution is -2.62. The first-order chi connectivity index (χ1) is 7.13. The van der Waals surface area contributed by atoms with Crippen LogP contribution in [0.25, 0.3) is 0 Å². The Bertz CT molecular complexity index is 241. The number of nitrogens with two attached hydrogens (primary N) is 1. The smallest absolute Gasteiger partial charge is 0.385 e. The summed E-state index contributed by atoms with van der Waals surface area (Å²) in [5.74, 6) is -1.23. The number of rotatable bonds is 5. The fourth-order valence-electron chi connectivity index (χ4n) is 0.869. The lowest BCUT2D eigenvalue weighted by Gasteiger charge is -2.27. The molecule has 3 N–H and O–H groups in total. The molecule has 7 heteroatoms. The average molecular weight is 242 g/mol. The van der Waals surface area contributed by atoms with Gasteiger partial charge in [-0.3, -0.25) is 4.79 Å². The highest BCUT2D eigenvalue weighted by molar-refractivity contribution is 5.86. The molecular weight excluding hydrogens is 225 g/mol. The molecule has 16 heavy (non-hydrogen) atoms. The molecule has 4 nitrogen and oxygen atoms in total. The quantitative estimate of drug-likeness (QED) is 0.749. The Morgan fingerprint density at radius 2 is 2.00 bits per heavy atom. The van der Waals surface area contributed by atoms with Crippen LogP contribution in [-0.4, -0.2) is 37.4 Å². The number of ether oxygens (including phenoxy) is 1. The second-order valence-corrected chi connectivity index (χ2v) is 3.86. The van der Waals surface area contributed by atoms with Gasteiger partial charge in [-0.25, -0.2) is 0 Å². The largest absolute Gasteiger partial charge is 0.415 e. The van der Waals surface area contributed by atoms with Crippen LogP contribution in [0.15, 0.2) is 0 Å². The van der Waals surface area contributed by atoms with E-state index in [1.807, 2.05) is 0 Å². The first-order valence-electron chi connectivity index (χ1n) is 4.78. The van der Waals surface area contributed by atoms with Gasteiger partial charge in [0.25, 0.3) is 0 Å². The molecule has 0 aliphatic rings. The lowest BCUT2D eigenvalue weighted by atomic mass is 10.0. The Kier molecular flexibility index (Phi) is 5.21. The molecule has 0 heterocycles. The summed E-state index contributed by atoms with van der Waals surface area (Å²) in [4.78, 5) is 11.3. The highest BCUT2D eigenvalue weighted by Gasteiger charge is 2.54. The van der Waals surface area contributed by atoms with Gasteiger partial charge in [-0.05, 0) is 20.3 Å². The van der Waals surface area contributed by atoms with E-state index in [1.54, 1.807) is 6.92 Å². The number of alkyl halides is 3. The van der Waals surface area contributed by atoms with Crippen molar-refractivity contribution in [3.05, 3.63) is 0 Å². The molecule has 0 radical (unpaired) electrons. The Balaban J connectivity index is 4.35. The van der Waals surface area contributed by atoms with Crippen molar-refractivity contribution in [1.29, 1.82) is 0 Å². The number of amides is 1. The SMILES string of the molecule is COCCC(C)NC(=O)C(C)(N)C(F)(F)F. The third-order valence-electron chi connectivity index (χ3n) is 2.19. The van der Waals surface area contributed by atoms with Crippen LogP contribution < -0.4 is 11.1 Å². The zero-order valence-electron chi connectivity index (χ0n) is 9.52. The first-order valence-corrected chi connectivity index (χ1v) is 4.78. The van der Waals surface area contributed by atoms with Gasteiger partial charge in [0.1, 0.15) is 0 Å². The van der Waals surface area contributed by atoms with Crippen molar-refractivity contribution in [2.75, 3.05) is 13.7 Å². The molecule has 0 fully saturated rings. The molecule has 1 amide bonds. The van der Waals surface area contributed by atoms with E-state index in [1.165, 1.54) is 7.11 Å². The molecule has 0 aromatic carbocycles. The minimum absolute atomic E-state index is 0.356. The zero-order chi connectivity index (χ0) is 13.0. The van der Waals surface area contributed by atoms with Crippen LogP contribution in [-0.2, 0) is 9.53 Å². The van der Waals surface area contributed by atoms with Gasteiger partial charge in [0, 0.05) is 19.8 Å². The molecular formula is C9H17F3N2O2. The normalized spacial score (nSPS) is 17.7. The van der Waals surface area contributed by atoms with Gasteiger partial charge in [0.2, 0.25) is 5.91 Å². The van der Waals surface area contributed by atoms with E-state index in [4.69, 9.17) is 10.5 Å². The van der Waals surface area contributed by atoms with Crippen molar-refractivity contribution in [1.82, 2.24) is 5.32 Å².